The first-order valence-corrected chi connectivity index (χ1v) is 6.89. The number of aliphatic carboxylic acids is 1. The lowest BCUT2D eigenvalue weighted by molar-refractivity contribution is -0.142. The summed E-state index contributed by atoms with van der Waals surface area (Å²) in [5, 5.41) is 9.17. The molecule has 1 aromatic carbocycles. The number of hydrogen-bond acceptors (Lipinski definition) is 3. The van der Waals surface area contributed by atoms with Crippen molar-refractivity contribution in [1.82, 2.24) is 4.90 Å². The standard InChI is InChI=1S/C15H21NO3/c1-2-9-19-13-6-3-5-12(10-13)11-16-8-4-7-14(16)15(17)18/h3,5-6,10,14H,2,4,7-9,11H2,1H3,(H,17,18). The highest BCUT2D eigenvalue weighted by atomic mass is 16.5. The molecular formula is C15H21NO3. The van der Waals surface area contributed by atoms with Crippen LogP contribution in [0.2, 0.25) is 0 Å². The van der Waals surface area contributed by atoms with Crippen LogP contribution in [0.3, 0.4) is 0 Å². The third kappa shape index (κ3) is 3.70. The van der Waals surface area contributed by atoms with Crippen molar-refractivity contribution in [2.45, 2.75) is 38.8 Å². The first-order chi connectivity index (χ1) is 9.20. The van der Waals surface area contributed by atoms with E-state index < -0.39 is 5.97 Å². The number of ether oxygens (including phenoxy) is 1. The van der Waals surface area contributed by atoms with Gasteiger partial charge in [-0.15, -0.1) is 0 Å². The Hall–Kier alpha value is -1.55. The van der Waals surface area contributed by atoms with Gasteiger partial charge in [-0.1, -0.05) is 19.1 Å². The average Bonchev–Trinajstić information content (AvgIpc) is 2.85. The highest BCUT2D eigenvalue weighted by molar-refractivity contribution is 5.73. The number of likely N-dealkylation sites (tertiary alicyclic amines) is 1. The number of nitrogens with zero attached hydrogens (tertiary/aromatic N) is 1. The fourth-order valence-electron chi connectivity index (χ4n) is 2.48. The molecule has 0 aliphatic carbocycles. The molecule has 0 aromatic heterocycles. The van der Waals surface area contributed by atoms with E-state index in [2.05, 4.69) is 6.92 Å². The molecule has 4 nitrogen and oxygen atoms in total. The maximum atomic E-state index is 11.1. The number of rotatable bonds is 6. The zero-order valence-corrected chi connectivity index (χ0v) is 11.3. The zero-order valence-electron chi connectivity index (χ0n) is 11.3. The van der Waals surface area contributed by atoms with Crippen LogP contribution < -0.4 is 4.74 Å². The summed E-state index contributed by atoms with van der Waals surface area (Å²) < 4.78 is 5.60. The Morgan fingerprint density at radius 1 is 1.53 bits per heavy atom. The predicted octanol–water partition coefficient (Wildman–Crippen LogP) is 2.52. The largest absolute Gasteiger partial charge is 0.494 e. The summed E-state index contributed by atoms with van der Waals surface area (Å²) in [7, 11) is 0. The third-order valence-electron chi connectivity index (χ3n) is 3.41. The smallest absolute Gasteiger partial charge is 0.320 e. The third-order valence-corrected chi connectivity index (χ3v) is 3.41. The van der Waals surface area contributed by atoms with Gasteiger partial charge in [-0.3, -0.25) is 9.69 Å². The lowest BCUT2D eigenvalue weighted by atomic mass is 10.1. The summed E-state index contributed by atoms with van der Waals surface area (Å²) in [5.74, 6) is 0.154. The summed E-state index contributed by atoms with van der Waals surface area (Å²) in [5.41, 5.74) is 1.11. The van der Waals surface area contributed by atoms with Crippen LogP contribution in [0.4, 0.5) is 0 Å². The molecule has 1 saturated heterocycles. The molecule has 1 atom stereocenters. The molecule has 1 unspecified atom stereocenters. The van der Waals surface area contributed by atoms with Crippen LogP contribution in [0.25, 0.3) is 0 Å². The number of carboxylic acid groups (broad SMARTS) is 1. The minimum absolute atomic E-state index is 0.333. The average molecular weight is 263 g/mol. The SMILES string of the molecule is CCCOc1cccc(CN2CCCC2C(=O)O)c1. The Bertz CT molecular complexity index is 433. The maximum Gasteiger partial charge on any atom is 0.320 e. The Morgan fingerprint density at radius 2 is 2.37 bits per heavy atom. The molecule has 2 rings (SSSR count). The molecule has 0 saturated carbocycles. The summed E-state index contributed by atoms with van der Waals surface area (Å²) in [6, 6.07) is 7.60. The monoisotopic (exact) mass is 263 g/mol. The molecule has 104 valence electrons. The molecule has 19 heavy (non-hydrogen) atoms. The van der Waals surface area contributed by atoms with Gasteiger partial charge < -0.3 is 9.84 Å². The van der Waals surface area contributed by atoms with Crippen LogP contribution in [0.15, 0.2) is 24.3 Å². The van der Waals surface area contributed by atoms with Gasteiger partial charge in [-0.05, 0) is 43.5 Å². The van der Waals surface area contributed by atoms with Crippen molar-refractivity contribution >= 4 is 5.97 Å². The fourth-order valence-corrected chi connectivity index (χ4v) is 2.48. The van der Waals surface area contributed by atoms with Crippen molar-refractivity contribution in [2.75, 3.05) is 13.2 Å². The first kappa shape index (κ1) is 13.9. The van der Waals surface area contributed by atoms with E-state index >= 15 is 0 Å². The molecule has 1 fully saturated rings. The molecule has 4 heteroatoms. The van der Waals surface area contributed by atoms with Gasteiger partial charge in [0.25, 0.3) is 0 Å². The number of benzene rings is 1. The molecule has 1 aromatic rings. The van der Waals surface area contributed by atoms with Crippen LogP contribution in [0.1, 0.15) is 31.7 Å². The molecule has 0 spiro atoms. The lowest BCUT2D eigenvalue weighted by Gasteiger charge is -2.21. The normalized spacial score (nSPS) is 19.5. The van der Waals surface area contributed by atoms with Gasteiger partial charge >= 0.3 is 5.97 Å². The van der Waals surface area contributed by atoms with Crippen LogP contribution in [-0.4, -0.2) is 35.2 Å². The van der Waals surface area contributed by atoms with Crippen LogP contribution in [0.5, 0.6) is 5.75 Å². The minimum atomic E-state index is -0.712. The van der Waals surface area contributed by atoms with E-state index in [9.17, 15) is 4.79 Å². The van der Waals surface area contributed by atoms with Gasteiger partial charge in [-0.25, -0.2) is 0 Å². The van der Waals surface area contributed by atoms with Crippen molar-refractivity contribution < 1.29 is 14.6 Å². The summed E-state index contributed by atoms with van der Waals surface area (Å²) in [6.07, 6.45) is 2.70. The summed E-state index contributed by atoms with van der Waals surface area (Å²) >= 11 is 0. The zero-order chi connectivity index (χ0) is 13.7. The second-order valence-electron chi connectivity index (χ2n) is 4.96. The van der Waals surface area contributed by atoms with Crippen molar-refractivity contribution in [2.24, 2.45) is 0 Å². The van der Waals surface area contributed by atoms with Crippen molar-refractivity contribution in [1.29, 1.82) is 0 Å². The molecule has 0 bridgehead atoms. The van der Waals surface area contributed by atoms with Gasteiger partial charge in [0.15, 0.2) is 0 Å². The Labute approximate surface area is 114 Å². The lowest BCUT2D eigenvalue weighted by Crippen LogP contribution is -2.35. The maximum absolute atomic E-state index is 11.1. The highest BCUT2D eigenvalue weighted by Gasteiger charge is 2.30. The number of hydrogen-bond donors (Lipinski definition) is 1. The predicted molar refractivity (Wildman–Crippen MR) is 73.3 cm³/mol. The van der Waals surface area contributed by atoms with Gasteiger partial charge in [0.1, 0.15) is 11.8 Å². The van der Waals surface area contributed by atoms with E-state index in [0.717, 1.165) is 37.1 Å². The molecule has 1 heterocycles. The van der Waals surface area contributed by atoms with Gasteiger partial charge in [-0.2, -0.15) is 0 Å². The number of carbonyl (C=O) groups is 1. The van der Waals surface area contributed by atoms with E-state index in [1.807, 2.05) is 29.2 Å². The molecular weight excluding hydrogens is 242 g/mol. The van der Waals surface area contributed by atoms with E-state index in [0.29, 0.717) is 13.2 Å². The summed E-state index contributed by atoms with van der Waals surface area (Å²) in [6.45, 7) is 4.33. The summed E-state index contributed by atoms with van der Waals surface area (Å²) in [4.78, 5) is 13.2. The van der Waals surface area contributed by atoms with E-state index in [-0.39, 0.29) is 6.04 Å². The minimum Gasteiger partial charge on any atom is -0.494 e. The topological polar surface area (TPSA) is 49.8 Å². The van der Waals surface area contributed by atoms with Gasteiger partial charge in [0.2, 0.25) is 0 Å². The molecule has 0 radical (unpaired) electrons. The van der Waals surface area contributed by atoms with Crippen LogP contribution in [-0.2, 0) is 11.3 Å². The van der Waals surface area contributed by atoms with Gasteiger partial charge in [0.05, 0.1) is 6.61 Å². The van der Waals surface area contributed by atoms with Crippen LogP contribution >= 0.6 is 0 Å². The Morgan fingerprint density at radius 3 is 3.11 bits per heavy atom. The fraction of sp³-hybridized carbons (Fsp3) is 0.533. The molecule has 1 aliphatic rings. The van der Waals surface area contributed by atoms with Crippen molar-refractivity contribution in [3.8, 4) is 5.75 Å². The second kappa shape index (κ2) is 6.57. The van der Waals surface area contributed by atoms with Crippen molar-refractivity contribution in [3.63, 3.8) is 0 Å². The quantitative estimate of drug-likeness (QED) is 0.857. The molecule has 0 amide bonds. The van der Waals surface area contributed by atoms with Crippen LogP contribution in [0, 0.1) is 0 Å². The molecule has 1 N–H and O–H groups in total. The first-order valence-electron chi connectivity index (χ1n) is 6.89. The second-order valence-corrected chi connectivity index (χ2v) is 4.96. The Balaban J connectivity index is 2.00. The molecule has 1 aliphatic heterocycles. The Kier molecular flexibility index (Phi) is 4.80. The van der Waals surface area contributed by atoms with E-state index in [1.165, 1.54) is 0 Å². The van der Waals surface area contributed by atoms with Gasteiger partial charge in [0, 0.05) is 6.54 Å². The number of carboxylic acids is 1. The van der Waals surface area contributed by atoms with Crippen molar-refractivity contribution in [3.05, 3.63) is 29.8 Å². The highest BCUT2D eigenvalue weighted by Crippen LogP contribution is 2.22. The van der Waals surface area contributed by atoms with E-state index in [1.54, 1.807) is 0 Å². The van der Waals surface area contributed by atoms with E-state index in [4.69, 9.17) is 9.84 Å².